The van der Waals surface area contributed by atoms with Gasteiger partial charge in [0.1, 0.15) is 14.9 Å². The first-order valence-electron chi connectivity index (χ1n) is 7.52. The SMILES string of the molecule is CC1(C)SC(=S)N(c2ccccc2)[C@H]1/[N+]([O-])=C/c1ccccc1F. The number of benzene rings is 2. The van der Waals surface area contributed by atoms with Crippen molar-refractivity contribution in [1.82, 2.24) is 0 Å². The highest BCUT2D eigenvalue weighted by molar-refractivity contribution is 8.24. The number of thioether (sulfide) groups is 1. The first-order valence-corrected chi connectivity index (χ1v) is 8.75. The number of anilines is 1. The maximum Gasteiger partial charge on any atom is 0.258 e. The van der Waals surface area contributed by atoms with Gasteiger partial charge < -0.3 is 5.21 Å². The number of thiocarbonyl (C=S) groups is 1. The predicted octanol–water partition coefficient (Wildman–Crippen LogP) is 4.40. The highest BCUT2D eigenvalue weighted by atomic mass is 32.2. The summed E-state index contributed by atoms with van der Waals surface area (Å²) in [6.45, 7) is 3.94. The molecule has 1 aliphatic rings. The van der Waals surface area contributed by atoms with Crippen molar-refractivity contribution in [2.45, 2.75) is 24.8 Å². The van der Waals surface area contributed by atoms with Crippen molar-refractivity contribution in [2.24, 2.45) is 0 Å². The molecule has 0 N–H and O–H groups in total. The normalized spacial score (nSPS) is 20.5. The summed E-state index contributed by atoms with van der Waals surface area (Å²) in [4.78, 5) is 1.84. The maximum absolute atomic E-state index is 13.9. The molecule has 124 valence electrons. The van der Waals surface area contributed by atoms with E-state index >= 15 is 0 Å². The summed E-state index contributed by atoms with van der Waals surface area (Å²) >= 11 is 6.97. The van der Waals surface area contributed by atoms with Crippen LogP contribution in [-0.4, -0.2) is 26.2 Å². The Hall–Kier alpha value is -1.92. The fraction of sp³-hybridized carbons (Fsp3) is 0.222. The molecule has 1 saturated heterocycles. The van der Waals surface area contributed by atoms with E-state index in [-0.39, 0.29) is 5.56 Å². The van der Waals surface area contributed by atoms with Crippen LogP contribution in [0.25, 0.3) is 0 Å². The zero-order valence-electron chi connectivity index (χ0n) is 13.3. The Morgan fingerprint density at radius 2 is 1.79 bits per heavy atom. The van der Waals surface area contributed by atoms with E-state index in [1.165, 1.54) is 24.0 Å². The van der Waals surface area contributed by atoms with E-state index in [1.807, 2.05) is 49.1 Å². The van der Waals surface area contributed by atoms with Crippen molar-refractivity contribution in [3.63, 3.8) is 0 Å². The average molecular weight is 360 g/mol. The second-order valence-corrected chi connectivity index (χ2v) is 8.35. The van der Waals surface area contributed by atoms with Gasteiger partial charge in [0.25, 0.3) is 6.17 Å². The Bertz CT molecular complexity index is 793. The Morgan fingerprint density at radius 1 is 1.17 bits per heavy atom. The number of hydrogen-bond acceptors (Lipinski definition) is 3. The van der Waals surface area contributed by atoms with Crippen LogP contribution in [0.3, 0.4) is 0 Å². The number of nitrogens with zero attached hydrogens (tertiary/aromatic N) is 2. The summed E-state index contributed by atoms with van der Waals surface area (Å²) in [6.07, 6.45) is 0.739. The lowest BCUT2D eigenvalue weighted by molar-refractivity contribution is -0.497. The van der Waals surface area contributed by atoms with E-state index in [9.17, 15) is 9.60 Å². The van der Waals surface area contributed by atoms with E-state index in [0.29, 0.717) is 4.32 Å². The topological polar surface area (TPSA) is 29.3 Å². The van der Waals surface area contributed by atoms with Crippen LogP contribution >= 0.6 is 24.0 Å². The first kappa shape index (κ1) is 16.9. The van der Waals surface area contributed by atoms with Crippen LogP contribution in [0.5, 0.6) is 0 Å². The number of para-hydroxylation sites is 1. The summed E-state index contributed by atoms with van der Waals surface area (Å²) in [5, 5.41) is 12.9. The minimum absolute atomic E-state index is 0.263. The van der Waals surface area contributed by atoms with E-state index < -0.39 is 16.7 Å². The Morgan fingerprint density at radius 3 is 2.46 bits per heavy atom. The Balaban J connectivity index is 2.05. The van der Waals surface area contributed by atoms with Gasteiger partial charge in [-0.25, -0.2) is 4.39 Å². The van der Waals surface area contributed by atoms with Crippen molar-refractivity contribution in [3.8, 4) is 0 Å². The van der Waals surface area contributed by atoms with Crippen molar-refractivity contribution in [3.05, 3.63) is 71.2 Å². The van der Waals surface area contributed by atoms with Gasteiger partial charge >= 0.3 is 0 Å². The second-order valence-electron chi connectivity index (χ2n) is 6.06. The third-order valence-electron chi connectivity index (χ3n) is 3.86. The van der Waals surface area contributed by atoms with Crippen molar-refractivity contribution in [2.75, 3.05) is 4.90 Å². The summed E-state index contributed by atoms with van der Waals surface area (Å²) < 4.78 is 14.9. The molecule has 1 aliphatic heterocycles. The van der Waals surface area contributed by atoms with Crippen molar-refractivity contribution in [1.29, 1.82) is 0 Å². The van der Waals surface area contributed by atoms with Crippen LogP contribution in [0.1, 0.15) is 19.4 Å². The van der Waals surface area contributed by atoms with Gasteiger partial charge in [-0.2, -0.15) is 4.74 Å². The van der Waals surface area contributed by atoms with Crippen molar-refractivity contribution < 1.29 is 9.13 Å². The molecule has 0 bridgehead atoms. The Kier molecular flexibility index (Phi) is 4.60. The fourth-order valence-corrected chi connectivity index (χ4v) is 4.70. The number of hydrogen-bond donors (Lipinski definition) is 0. The van der Waals surface area contributed by atoms with E-state index in [1.54, 1.807) is 18.2 Å². The quantitative estimate of drug-likeness (QED) is 0.267. The summed E-state index contributed by atoms with van der Waals surface area (Å²) in [7, 11) is 0. The molecule has 3 rings (SSSR count). The monoisotopic (exact) mass is 360 g/mol. The Labute approximate surface area is 150 Å². The van der Waals surface area contributed by atoms with Gasteiger partial charge in [-0.1, -0.05) is 54.3 Å². The predicted molar refractivity (Wildman–Crippen MR) is 102 cm³/mol. The van der Waals surface area contributed by atoms with E-state index in [4.69, 9.17) is 12.2 Å². The zero-order chi connectivity index (χ0) is 17.3. The molecule has 0 spiro atoms. The molecule has 0 aromatic heterocycles. The fourth-order valence-electron chi connectivity index (χ4n) is 2.78. The molecule has 3 nitrogen and oxygen atoms in total. The van der Waals surface area contributed by atoms with Gasteiger partial charge in [-0.3, -0.25) is 4.90 Å². The molecule has 6 heteroatoms. The lowest BCUT2D eigenvalue weighted by Gasteiger charge is -2.29. The smallest absolute Gasteiger partial charge is 0.258 e. The van der Waals surface area contributed by atoms with Crippen LogP contribution in [0, 0.1) is 11.0 Å². The molecule has 0 saturated carbocycles. The standard InChI is InChI=1S/C18H17FN2OS2/c1-18(2)16(20(22)12-13-8-6-7-11-15(13)19)21(17(23)24-18)14-9-4-3-5-10-14/h3-12,16H,1-2H3/b20-12-/t16-/m1/s1. The molecule has 1 heterocycles. The molecule has 0 unspecified atom stereocenters. The lowest BCUT2D eigenvalue weighted by atomic mass is 10.1. The highest BCUT2D eigenvalue weighted by Gasteiger charge is 2.51. The molecule has 0 aliphatic carbocycles. The number of halogens is 1. The summed E-state index contributed by atoms with van der Waals surface area (Å²) in [5.74, 6) is -0.421. The van der Waals surface area contributed by atoms with Crippen LogP contribution < -0.4 is 4.90 Å². The summed E-state index contributed by atoms with van der Waals surface area (Å²) in [5.41, 5.74) is 1.12. The van der Waals surface area contributed by atoms with Crippen molar-refractivity contribution >= 4 is 40.2 Å². The zero-order valence-corrected chi connectivity index (χ0v) is 15.0. The molecule has 2 aromatic rings. The van der Waals surface area contributed by atoms with Crippen LogP contribution in [-0.2, 0) is 0 Å². The second kappa shape index (κ2) is 6.53. The van der Waals surface area contributed by atoms with E-state index in [0.717, 1.165) is 10.4 Å². The van der Waals surface area contributed by atoms with Gasteiger partial charge in [0, 0.05) is 5.69 Å². The van der Waals surface area contributed by atoms with Crippen LogP contribution in [0.15, 0.2) is 54.6 Å². The number of hydroxylamine groups is 1. The lowest BCUT2D eigenvalue weighted by Crippen LogP contribution is -2.48. The molecule has 0 radical (unpaired) electrons. The third kappa shape index (κ3) is 3.16. The van der Waals surface area contributed by atoms with Gasteiger partial charge in [-0.15, -0.1) is 0 Å². The molecule has 1 fully saturated rings. The van der Waals surface area contributed by atoms with E-state index in [2.05, 4.69) is 0 Å². The summed E-state index contributed by atoms with van der Waals surface area (Å²) in [6, 6.07) is 15.8. The maximum atomic E-state index is 13.9. The minimum atomic E-state index is -0.558. The minimum Gasteiger partial charge on any atom is -0.622 e. The van der Waals surface area contributed by atoms with Crippen LogP contribution in [0.4, 0.5) is 10.1 Å². The highest BCUT2D eigenvalue weighted by Crippen LogP contribution is 2.43. The van der Waals surface area contributed by atoms with Gasteiger partial charge in [0.2, 0.25) is 0 Å². The van der Waals surface area contributed by atoms with Gasteiger partial charge in [0.15, 0.2) is 6.21 Å². The molecular weight excluding hydrogens is 343 g/mol. The molecule has 2 aromatic carbocycles. The van der Waals surface area contributed by atoms with Crippen LogP contribution in [0.2, 0.25) is 0 Å². The van der Waals surface area contributed by atoms with Gasteiger partial charge in [-0.05, 0) is 38.1 Å². The number of rotatable bonds is 3. The molecular formula is C18H17FN2OS2. The first-order chi connectivity index (χ1) is 11.4. The average Bonchev–Trinajstić information content (AvgIpc) is 2.79. The third-order valence-corrected chi connectivity index (χ3v) is 5.42. The molecule has 0 amide bonds. The molecule has 1 atom stereocenters. The molecule has 24 heavy (non-hydrogen) atoms. The van der Waals surface area contributed by atoms with Gasteiger partial charge in [0.05, 0.1) is 5.56 Å². The largest absolute Gasteiger partial charge is 0.622 e.